The highest BCUT2D eigenvalue weighted by Crippen LogP contribution is 2.09. The molecular formula is C15H14I+. The first-order chi connectivity index (χ1) is 7.86. The molecule has 16 heavy (non-hydrogen) atoms. The Morgan fingerprint density at radius 2 is 1.44 bits per heavy atom. The number of benzene rings is 2. The first-order valence-corrected chi connectivity index (χ1v) is 7.59. The van der Waals surface area contributed by atoms with E-state index in [1.807, 2.05) is 0 Å². The summed E-state index contributed by atoms with van der Waals surface area (Å²) in [5.74, 6) is 0. The molecule has 1 heteroatoms. The van der Waals surface area contributed by atoms with Gasteiger partial charge in [0.05, 0.1) is 0 Å². The van der Waals surface area contributed by atoms with Crippen LogP contribution in [0.4, 0.5) is 0 Å². The van der Waals surface area contributed by atoms with Crippen LogP contribution in [-0.4, -0.2) is 0 Å². The van der Waals surface area contributed by atoms with Crippen molar-refractivity contribution in [1.29, 1.82) is 0 Å². The third-order valence-corrected chi connectivity index (χ3v) is 4.99. The smallest absolute Gasteiger partial charge is 0.0622 e. The zero-order valence-corrected chi connectivity index (χ0v) is 11.4. The van der Waals surface area contributed by atoms with E-state index in [-0.39, 0.29) is 21.2 Å². The fourth-order valence-corrected chi connectivity index (χ4v) is 3.41. The molecule has 0 amide bonds. The van der Waals surface area contributed by atoms with Gasteiger partial charge in [-0.15, -0.1) is 0 Å². The van der Waals surface area contributed by atoms with Gasteiger partial charge in [0.25, 0.3) is 0 Å². The average Bonchev–Trinajstić information content (AvgIpc) is 2.38. The van der Waals surface area contributed by atoms with E-state index in [0.717, 1.165) is 0 Å². The van der Waals surface area contributed by atoms with Gasteiger partial charge in [-0.3, -0.25) is 0 Å². The van der Waals surface area contributed by atoms with Crippen molar-refractivity contribution >= 4 is 5.57 Å². The summed E-state index contributed by atoms with van der Waals surface area (Å²) in [4.78, 5) is 0. The van der Waals surface area contributed by atoms with Crippen molar-refractivity contribution in [1.82, 2.24) is 0 Å². The second kappa shape index (κ2) is 5.85. The molecule has 0 fully saturated rings. The molecule has 0 saturated carbocycles. The molecule has 0 nitrogen and oxygen atoms in total. The number of rotatable bonds is 3. The third kappa shape index (κ3) is 3.20. The molecule has 0 saturated heterocycles. The first kappa shape index (κ1) is 11.4. The van der Waals surface area contributed by atoms with E-state index >= 15 is 0 Å². The van der Waals surface area contributed by atoms with Crippen LogP contribution in [0.3, 0.4) is 0 Å². The highest BCUT2D eigenvalue weighted by atomic mass is 127. The summed E-state index contributed by atoms with van der Waals surface area (Å²) in [5.41, 5.74) is 2.72. The minimum Gasteiger partial charge on any atom is -0.0622 e. The fourth-order valence-electron chi connectivity index (χ4n) is 1.40. The van der Waals surface area contributed by atoms with Crippen LogP contribution in [-0.2, 0) is 0 Å². The molecule has 80 valence electrons. The van der Waals surface area contributed by atoms with Crippen LogP contribution in [0.2, 0.25) is 0 Å². The molecule has 0 aliphatic carbocycles. The predicted octanol–water partition coefficient (Wildman–Crippen LogP) is 1.01. The van der Waals surface area contributed by atoms with E-state index < -0.39 is 0 Å². The zero-order chi connectivity index (χ0) is 11.2. The molecule has 0 spiro atoms. The van der Waals surface area contributed by atoms with Gasteiger partial charge in [0.2, 0.25) is 0 Å². The summed E-state index contributed by atoms with van der Waals surface area (Å²) in [7, 11) is 0. The lowest BCUT2D eigenvalue weighted by molar-refractivity contribution is -0.556. The summed E-state index contributed by atoms with van der Waals surface area (Å²) >= 11 is -0.00134. The maximum Gasteiger partial charge on any atom is 0.349 e. The molecule has 0 unspecified atom stereocenters. The van der Waals surface area contributed by atoms with Gasteiger partial charge in [0, 0.05) is 5.57 Å². The van der Waals surface area contributed by atoms with Gasteiger partial charge in [-0.2, -0.15) is 0 Å². The third-order valence-electron chi connectivity index (χ3n) is 2.31. The molecule has 2 aromatic carbocycles. The molecule has 0 aromatic heterocycles. The molecule has 0 aliphatic heterocycles. The van der Waals surface area contributed by atoms with Gasteiger partial charge < -0.3 is 0 Å². The summed E-state index contributed by atoms with van der Waals surface area (Å²) in [5, 5.41) is 0. The van der Waals surface area contributed by atoms with E-state index in [2.05, 4.69) is 71.7 Å². The number of hydrogen-bond donors (Lipinski definition) is 0. The Morgan fingerprint density at radius 1 is 0.875 bits per heavy atom. The molecule has 0 radical (unpaired) electrons. The van der Waals surface area contributed by atoms with Gasteiger partial charge in [-0.1, -0.05) is 48.5 Å². The van der Waals surface area contributed by atoms with Gasteiger partial charge in [-0.25, -0.2) is 0 Å². The Balaban J connectivity index is 2.09. The predicted molar refractivity (Wildman–Crippen MR) is 65.2 cm³/mol. The molecule has 0 heterocycles. The lowest BCUT2D eigenvalue weighted by Crippen LogP contribution is -3.59. The summed E-state index contributed by atoms with van der Waals surface area (Å²) in [6.07, 6.45) is 0. The summed E-state index contributed by atoms with van der Waals surface area (Å²) < 4.78 is 3.86. The molecule has 0 N–H and O–H groups in total. The Hall–Kier alpha value is -1.09. The van der Waals surface area contributed by atoms with E-state index in [1.165, 1.54) is 14.7 Å². The Kier molecular flexibility index (Phi) is 4.17. The van der Waals surface area contributed by atoms with E-state index in [4.69, 9.17) is 0 Å². The second-order valence-electron chi connectivity index (χ2n) is 3.56. The maximum absolute atomic E-state index is 2.39. The lowest BCUT2D eigenvalue weighted by Gasteiger charge is -1.95. The molecule has 0 atom stereocenters. The number of halogens is 1. The van der Waals surface area contributed by atoms with Crippen LogP contribution in [0.5, 0.6) is 0 Å². The highest BCUT2D eigenvalue weighted by molar-refractivity contribution is 5.61. The van der Waals surface area contributed by atoms with Crippen LogP contribution < -0.4 is 21.2 Å². The van der Waals surface area contributed by atoms with Crippen molar-refractivity contribution in [3.8, 4) is 0 Å². The van der Waals surface area contributed by atoms with Crippen molar-refractivity contribution in [2.45, 2.75) is 6.92 Å². The summed E-state index contributed by atoms with van der Waals surface area (Å²) in [6.45, 7) is 2.19. The van der Waals surface area contributed by atoms with Gasteiger partial charge in [0.1, 0.15) is 0 Å². The lowest BCUT2D eigenvalue weighted by atomic mass is 10.1. The standard InChI is InChI=1S/C15H14I/c1-13(14-8-4-2-5-9-14)12-16-15-10-6-3-7-11-15/h2-12H,1H3/q+1/b13-12-. The van der Waals surface area contributed by atoms with Gasteiger partial charge in [-0.05, 0) is 24.6 Å². The van der Waals surface area contributed by atoms with Crippen LogP contribution in [0.15, 0.2) is 64.7 Å². The van der Waals surface area contributed by atoms with Gasteiger partial charge >= 0.3 is 21.2 Å². The highest BCUT2D eigenvalue weighted by Gasteiger charge is 2.08. The minimum atomic E-state index is -0.00134. The molecule has 2 aromatic rings. The van der Waals surface area contributed by atoms with Crippen molar-refractivity contribution in [2.24, 2.45) is 0 Å². The van der Waals surface area contributed by atoms with Crippen molar-refractivity contribution in [3.05, 3.63) is 73.9 Å². The minimum absolute atomic E-state index is 0.00134. The maximum atomic E-state index is 2.39. The number of allylic oxidation sites excluding steroid dienone is 1. The van der Waals surface area contributed by atoms with Crippen molar-refractivity contribution < 1.29 is 21.2 Å². The Labute approximate surface area is 107 Å². The summed E-state index contributed by atoms with van der Waals surface area (Å²) in [6, 6.07) is 21.3. The quantitative estimate of drug-likeness (QED) is 0.740. The van der Waals surface area contributed by atoms with Crippen LogP contribution in [0.25, 0.3) is 5.57 Å². The van der Waals surface area contributed by atoms with Crippen LogP contribution >= 0.6 is 0 Å². The van der Waals surface area contributed by atoms with Crippen LogP contribution in [0, 0.1) is 3.57 Å². The Bertz CT molecular complexity index is 457. The van der Waals surface area contributed by atoms with Gasteiger partial charge in [0.15, 0.2) is 7.65 Å². The van der Waals surface area contributed by atoms with E-state index in [9.17, 15) is 0 Å². The monoisotopic (exact) mass is 321 g/mol. The first-order valence-electron chi connectivity index (χ1n) is 5.27. The topological polar surface area (TPSA) is 0 Å². The SMILES string of the molecule is C/C(=C/[I+]c1ccccc1)c1ccccc1. The van der Waals surface area contributed by atoms with Crippen LogP contribution in [0.1, 0.15) is 12.5 Å². The molecule has 0 aliphatic rings. The van der Waals surface area contributed by atoms with Crippen molar-refractivity contribution in [2.75, 3.05) is 0 Å². The largest absolute Gasteiger partial charge is 0.349 e. The molecule has 2 rings (SSSR count). The second-order valence-corrected chi connectivity index (χ2v) is 6.05. The number of hydrogen-bond acceptors (Lipinski definition) is 0. The average molecular weight is 321 g/mol. The molecular weight excluding hydrogens is 307 g/mol. The zero-order valence-electron chi connectivity index (χ0n) is 9.23. The fraction of sp³-hybridized carbons (Fsp3) is 0.0667. The molecule has 0 bridgehead atoms. The van der Waals surface area contributed by atoms with Crippen molar-refractivity contribution in [3.63, 3.8) is 0 Å². The van der Waals surface area contributed by atoms with E-state index in [1.54, 1.807) is 0 Å². The normalized spacial score (nSPS) is 11.4. The van der Waals surface area contributed by atoms with E-state index in [0.29, 0.717) is 0 Å². The Morgan fingerprint density at radius 3 is 2.06 bits per heavy atom.